The second-order valence-corrected chi connectivity index (χ2v) is 9.78. The van der Waals surface area contributed by atoms with Gasteiger partial charge in [0.15, 0.2) is 0 Å². The Balaban J connectivity index is 1.42. The Bertz CT molecular complexity index is 960. The summed E-state index contributed by atoms with van der Waals surface area (Å²) in [4.78, 5) is 18.9. The maximum Gasteiger partial charge on any atom is 0.237 e. The van der Waals surface area contributed by atoms with Gasteiger partial charge in [0.05, 0.1) is 39.0 Å². The Labute approximate surface area is 205 Å². The van der Waals surface area contributed by atoms with E-state index in [0.717, 1.165) is 30.8 Å². The molecule has 1 saturated carbocycles. The summed E-state index contributed by atoms with van der Waals surface area (Å²) < 4.78 is 16.8. The van der Waals surface area contributed by atoms with Crippen molar-refractivity contribution in [2.45, 2.75) is 37.5 Å². The van der Waals surface area contributed by atoms with E-state index in [2.05, 4.69) is 22.9 Å². The summed E-state index contributed by atoms with van der Waals surface area (Å²) in [6.07, 6.45) is 4.01. The minimum atomic E-state index is -0.634. The molecule has 1 fully saturated rings. The van der Waals surface area contributed by atoms with Crippen LogP contribution in [0.4, 0.5) is 0 Å². The molecule has 2 heterocycles. The van der Waals surface area contributed by atoms with Crippen LogP contribution < -0.4 is 9.47 Å². The molecule has 1 aliphatic heterocycles. The molecule has 2 atom stereocenters. The molecule has 1 aromatic carbocycles. The highest BCUT2D eigenvalue weighted by Gasteiger charge is 2.36. The van der Waals surface area contributed by atoms with Crippen molar-refractivity contribution in [1.29, 1.82) is 0 Å². The minimum absolute atomic E-state index is 0.0715. The quantitative estimate of drug-likeness (QED) is 0.346. The number of carbonyl (C=O) groups is 1. The van der Waals surface area contributed by atoms with Crippen molar-refractivity contribution in [3.8, 4) is 11.5 Å². The summed E-state index contributed by atoms with van der Waals surface area (Å²) in [6.45, 7) is 6.04. The Kier molecular flexibility index (Phi) is 8.61. The third-order valence-corrected chi connectivity index (χ3v) is 7.25. The first-order valence-corrected chi connectivity index (χ1v) is 12.7. The summed E-state index contributed by atoms with van der Waals surface area (Å²) >= 11 is 1.74. The zero-order chi connectivity index (χ0) is 23.9. The molecular weight excluding hydrogens is 452 g/mol. The molecule has 1 amide bonds. The number of fused-ring (bicyclic) bond motifs is 1. The van der Waals surface area contributed by atoms with Gasteiger partial charge in [-0.05, 0) is 48.4 Å². The number of amides is 1. The van der Waals surface area contributed by atoms with Crippen LogP contribution in [0, 0.1) is 0 Å². The molecule has 7 nitrogen and oxygen atoms in total. The largest absolute Gasteiger partial charge is 0.497 e. The van der Waals surface area contributed by atoms with Crippen molar-refractivity contribution in [2.75, 3.05) is 46.6 Å². The van der Waals surface area contributed by atoms with E-state index in [0.29, 0.717) is 32.3 Å². The summed E-state index contributed by atoms with van der Waals surface area (Å²) in [7, 11) is 1.63. The van der Waals surface area contributed by atoms with Gasteiger partial charge in [0.1, 0.15) is 18.1 Å². The van der Waals surface area contributed by atoms with Gasteiger partial charge in [0.25, 0.3) is 0 Å². The van der Waals surface area contributed by atoms with Gasteiger partial charge in [-0.25, -0.2) is 0 Å². The van der Waals surface area contributed by atoms with Crippen LogP contribution in [0.5, 0.6) is 11.5 Å². The SMILES string of the molecule is C=CCOC[C@@H](O)CN(CC(=O)N1CCc2sccc2[C@H]1COc1cccc(OC)c1)C1CC1. The van der Waals surface area contributed by atoms with Crippen molar-refractivity contribution in [3.63, 3.8) is 0 Å². The van der Waals surface area contributed by atoms with Gasteiger partial charge >= 0.3 is 0 Å². The molecule has 0 saturated heterocycles. The number of rotatable bonds is 13. The lowest BCUT2D eigenvalue weighted by molar-refractivity contribution is -0.136. The van der Waals surface area contributed by atoms with Crippen LogP contribution >= 0.6 is 11.3 Å². The molecule has 2 aliphatic rings. The Hall–Kier alpha value is -2.39. The monoisotopic (exact) mass is 486 g/mol. The number of hydrogen-bond acceptors (Lipinski definition) is 7. The average Bonchev–Trinajstić information content (AvgIpc) is 3.59. The number of thiophene rings is 1. The molecule has 8 heteroatoms. The fraction of sp³-hybridized carbons (Fsp3) is 0.500. The summed E-state index contributed by atoms with van der Waals surface area (Å²) in [5.74, 6) is 1.53. The highest BCUT2D eigenvalue weighted by Crippen LogP contribution is 2.35. The molecule has 0 bridgehead atoms. The average molecular weight is 487 g/mol. The number of nitrogens with zero attached hydrogens (tertiary/aromatic N) is 2. The maximum atomic E-state index is 13.5. The lowest BCUT2D eigenvalue weighted by atomic mass is 10.0. The molecule has 0 unspecified atom stereocenters. The number of carbonyl (C=O) groups excluding carboxylic acids is 1. The predicted molar refractivity (Wildman–Crippen MR) is 133 cm³/mol. The minimum Gasteiger partial charge on any atom is -0.497 e. The predicted octanol–water partition coefficient (Wildman–Crippen LogP) is 3.29. The first-order valence-electron chi connectivity index (χ1n) is 11.8. The smallest absolute Gasteiger partial charge is 0.237 e. The molecule has 0 radical (unpaired) electrons. The van der Waals surface area contributed by atoms with Crippen LogP contribution in [0.25, 0.3) is 0 Å². The number of hydrogen-bond donors (Lipinski definition) is 1. The molecule has 0 spiro atoms. The topological polar surface area (TPSA) is 71.5 Å². The van der Waals surface area contributed by atoms with Gasteiger partial charge in [-0.15, -0.1) is 17.9 Å². The van der Waals surface area contributed by atoms with Crippen molar-refractivity contribution in [2.24, 2.45) is 0 Å². The molecule has 4 rings (SSSR count). The van der Waals surface area contributed by atoms with Gasteiger partial charge in [-0.1, -0.05) is 12.1 Å². The highest BCUT2D eigenvalue weighted by molar-refractivity contribution is 7.10. The number of ether oxygens (including phenoxy) is 3. The van der Waals surface area contributed by atoms with Gasteiger partial charge in [0.2, 0.25) is 5.91 Å². The Morgan fingerprint density at radius 2 is 2.18 bits per heavy atom. The van der Waals surface area contributed by atoms with Crippen LogP contribution in [0.3, 0.4) is 0 Å². The number of aliphatic hydroxyl groups is 1. The summed E-state index contributed by atoms with van der Waals surface area (Å²) in [5.41, 5.74) is 1.17. The number of aliphatic hydroxyl groups excluding tert-OH is 1. The van der Waals surface area contributed by atoms with Crippen molar-refractivity contribution >= 4 is 17.2 Å². The molecule has 184 valence electrons. The van der Waals surface area contributed by atoms with Crippen LogP contribution in [0.15, 0.2) is 48.4 Å². The van der Waals surface area contributed by atoms with Gasteiger partial charge in [0, 0.05) is 30.1 Å². The third kappa shape index (κ3) is 6.39. The molecule has 1 aromatic heterocycles. The van der Waals surface area contributed by atoms with E-state index in [1.54, 1.807) is 24.5 Å². The van der Waals surface area contributed by atoms with E-state index >= 15 is 0 Å². The molecular formula is C26H34N2O5S. The number of methoxy groups -OCH3 is 1. The van der Waals surface area contributed by atoms with Crippen molar-refractivity contribution in [1.82, 2.24) is 9.80 Å². The Morgan fingerprint density at radius 1 is 1.35 bits per heavy atom. The normalized spacial score (nSPS) is 18.4. The maximum absolute atomic E-state index is 13.5. The van der Waals surface area contributed by atoms with E-state index in [-0.39, 0.29) is 25.1 Å². The second kappa shape index (κ2) is 11.8. The Morgan fingerprint density at radius 3 is 2.94 bits per heavy atom. The van der Waals surface area contributed by atoms with Crippen LogP contribution in [-0.2, 0) is 16.0 Å². The van der Waals surface area contributed by atoms with E-state index < -0.39 is 6.10 Å². The van der Waals surface area contributed by atoms with Gasteiger partial charge in [-0.3, -0.25) is 9.69 Å². The van der Waals surface area contributed by atoms with Crippen molar-refractivity contribution in [3.05, 3.63) is 58.8 Å². The molecule has 1 N–H and O–H groups in total. The van der Waals surface area contributed by atoms with E-state index in [1.807, 2.05) is 29.2 Å². The summed E-state index contributed by atoms with van der Waals surface area (Å²) in [5, 5.41) is 12.5. The molecule has 2 aromatic rings. The second-order valence-electron chi connectivity index (χ2n) is 8.78. The molecule has 34 heavy (non-hydrogen) atoms. The lowest BCUT2D eigenvalue weighted by Crippen LogP contribution is -2.48. The zero-order valence-electron chi connectivity index (χ0n) is 19.7. The summed E-state index contributed by atoms with van der Waals surface area (Å²) in [6, 6.07) is 9.85. The first kappa shape index (κ1) is 24.7. The lowest BCUT2D eigenvalue weighted by Gasteiger charge is -2.37. The van der Waals surface area contributed by atoms with Gasteiger partial charge in [-0.2, -0.15) is 0 Å². The van der Waals surface area contributed by atoms with E-state index in [4.69, 9.17) is 14.2 Å². The first-order chi connectivity index (χ1) is 16.6. The fourth-order valence-corrected chi connectivity index (χ4v) is 5.33. The van der Waals surface area contributed by atoms with Crippen LogP contribution in [0.2, 0.25) is 0 Å². The fourth-order valence-electron chi connectivity index (χ4n) is 4.40. The van der Waals surface area contributed by atoms with E-state index in [9.17, 15) is 9.90 Å². The van der Waals surface area contributed by atoms with Crippen LogP contribution in [-0.4, -0.2) is 79.5 Å². The van der Waals surface area contributed by atoms with Crippen molar-refractivity contribution < 1.29 is 24.1 Å². The van der Waals surface area contributed by atoms with Crippen LogP contribution in [0.1, 0.15) is 29.3 Å². The standard InChI is InChI=1S/C26H34N2O5S/c1-3-12-32-17-20(29)15-27(19-7-8-19)16-26(30)28-11-9-25-23(10-13-34-25)24(28)18-33-22-6-4-5-21(14-22)31-2/h3-6,10,13-14,19-20,24,29H,1,7-9,11-12,15-18H2,2H3/t20-,24+/m0/s1. The third-order valence-electron chi connectivity index (χ3n) is 6.26. The van der Waals surface area contributed by atoms with E-state index in [1.165, 1.54) is 10.4 Å². The zero-order valence-corrected chi connectivity index (χ0v) is 20.5. The van der Waals surface area contributed by atoms with Gasteiger partial charge < -0.3 is 24.2 Å². The highest BCUT2D eigenvalue weighted by atomic mass is 32.1. The number of benzene rings is 1. The molecule has 1 aliphatic carbocycles.